The number of nitrogens with one attached hydrogen (secondary N) is 3. The molecule has 1 aliphatic rings. The highest BCUT2D eigenvalue weighted by Gasteiger charge is 2.49. The Hall–Kier alpha value is -2.57. The molecule has 26 heavy (non-hydrogen) atoms. The molecule has 1 atom stereocenters. The molecule has 1 aliphatic heterocycles. The number of carbonyl (C=O) groups is 3. The van der Waals surface area contributed by atoms with Crippen molar-refractivity contribution in [3.05, 3.63) is 69.7 Å². The van der Waals surface area contributed by atoms with E-state index in [0.29, 0.717) is 10.0 Å². The van der Waals surface area contributed by atoms with E-state index in [0.717, 1.165) is 11.1 Å². The Balaban J connectivity index is 1.94. The van der Waals surface area contributed by atoms with Crippen LogP contribution in [0.15, 0.2) is 48.5 Å². The van der Waals surface area contributed by atoms with Gasteiger partial charge in [-0.15, -0.1) is 0 Å². The van der Waals surface area contributed by atoms with Crippen LogP contribution in [0, 0.1) is 0 Å². The van der Waals surface area contributed by atoms with E-state index < -0.39 is 29.4 Å². The lowest BCUT2D eigenvalue weighted by molar-refractivity contribution is -0.135. The average Bonchev–Trinajstić information content (AvgIpc) is 2.87. The molecule has 0 saturated carbocycles. The maximum Gasteiger partial charge on any atom is 0.322 e. The van der Waals surface area contributed by atoms with Crippen LogP contribution in [0.2, 0.25) is 10.0 Å². The lowest BCUT2D eigenvalue weighted by atomic mass is 9.95. The summed E-state index contributed by atoms with van der Waals surface area (Å²) in [7, 11) is 0. The molecular weight excluding hydrogens is 377 g/mol. The summed E-state index contributed by atoms with van der Waals surface area (Å²) in [5, 5.41) is 8.36. The third-order valence-electron chi connectivity index (χ3n) is 4.18. The molecule has 0 radical (unpaired) electrons. The van der Waals surface area contributed by atoms with E-state index >= 15 is 0 Å². The van der Waals surface area contributed by atoms with Gasteiger partial charge in [0.1, 0.15) is 0 Å². The summed E-state index contributed by atoms with van der Waals surface area (Å²) in [6, 6.07) is 12.7. The second kappa shape index (κ2) is 6.97. The zero-order chi connectivity index (χ0) is 18.9. The minimum atomic E-state index is -1.69. The molecule has 0 aromatic heterocycles. The van der Waals surface area contributed by atoms with Gasteiger partial charge in [0.2, 0.25) is 0 Å². The van der Waals surface area contributed by atoms with E-state index in [4.69, 9.17) is 23.2 Å². The van der Waals surface area contributed by atoms with Crippen LogP contribution in [-0.4, -0.2) is 23.4 Å². The number of halogens is 2. The Labute approximate surface area is 159 Å². The highest BCUT2D eigenvalue weighted by molar-refractivity contribution is 6.30. The molecule has 134 valence electrons. The number of hydrogen-bond donors (Lipinski definition) is 3. The second-order valence-electron chi connectivity index (χ2n) is 6.04. The first-order chi connectivity index (χ1) is 12.3. The SMILES string of the molecule is C[C@]1(C(=O)NC(c2ccc(Cl)cc2)c2ccc(Cl)cc2)NC(=O)NC1=O. The van der Waals surface area contributed by atoms with Crippen molar-refractivity contribution in [3.63, 3.8) is 0 Å². The molecule has 4 amide bonds. The number of hydrogen-bond acceptors (Lipinski definition) is 3. The van der Waals surface area contributed by atoms with Crippen molar-refractivity contribution in [1.29, 1.82) is 0 Å². The Bertz CT molecular complexity index is 823. The maximum absolute atomic E-state index is 12.8. The monoisotopic (exact) mass is 391 g/mol. The van der Waals surface area contributed by atoms with Gasteiger partial charge in [-0.2, -0.15) is 0 Å². The summed E-state index contributed by atoms with van der Waals surface area (Å²) in [5.41, 5.74) is -0.162. The maximum atomic E-state index is 12.8. The van der Waals surface area contributed by atoms with E-state index in [1.165, 1.54) is 6.92 Å². The summed E-state index contributed by atoms with van der Waals surface area (Å²) < 4.78 is 0. The van der Waals surface area contributed by atoms with Gasteiger partial charge in [0, 0.05) is 10.0 Å². The highest BCUT2D eigenvalue weighted by atomic mass is 35.5. The van der Waals surface area contributed by atoms with Crippen molar-refractivity contribution in [2.75, 3.05) is 0 Å². The van der Waals surface area contributed by atoms with Crippen molar-refractivity contribution < 1.29 is 14.4 Å². The van der Waals surface area contributed by atoms with Gasteiger partial charge in [0.15, 0.2) is 5.54 Å². The predicted molar refractivity (Wildman–Crippen MR) is 98.0 cm³/mol. The molecule has 3 N–H and O–H groups in total. The fraction of sp³-hybridized carbons (Fsp3) is 0.167. The highest BCUT2D eigenvalue weighted by Crippen LogP contribution is 2.26. The van der Waals surface area contributed by atoms with Gasteiger partial charge >= 0.3 is 6.03 Å². The minimum absolute atomic E-state index is 0.556. The molecule has 0 spiro atoms. The van der Waals surface area contributed by atoms with E-state index in [9.17, 15) is 14.4 Å². The van der Waals surface area contributed by atoms with E-state index in [1.807, 2.05) is 0 Å². The number of carbonyl (C=O) groups excluding carboxylic acids is 3. The second-order valence-corrected chi connectivity index (χ2v) is 6.92. The third kappa shape index (κ3) is 3.52. The number of urea groups is 1. The van der Waals surface area contributed by atoms with E-state index in [1.54, 1.807) is 48.5 Å². The normalized spacial score (nSPS) is 19.2. The molecule has 6 nitrogen and oxygen atoms in total. The van der Waals surface area contributed by atoms with Crippen LogP contribution in [0.25, 0.3) is 0 Å². The van der Waals surface area contributed by atoms with Gasteiger partial charge in [0.05, 0.1) is 6.04 Å². The Kier molecular flexibility index (Phi) is 4.89. The van der Waals surface area contributed by atoms with Crippen molar-refractivity contribution in [2.24, 2.45) is 0 Å². The summed E-state index contributed by atoms with van der Waals surface area (Å²) in [5.74, 6) is -1.33. The molecule has 0 bridgehead atoms. The lowest BCUT2D eigenvalue weighted by Crippen LogP contribution is -2.57. The Morgan fingerprint density at radius 1 is 0.962 bits per heavy atom. The van der Waals surface area contributed by atoms with Crippen LogP contribution in [-0.2, 0) is 9.59 Å². The molecule has 1 heterocycles. The van der Waals surface area contributed by atoms with Gasteiger partial charge in [-0.1, -0.05) is 47.5 Å². The summed E-state index contributed by atoms with van der Waals surface area (Å²) in [4.78, 5) is 36.2. The van der Waals surface area contributed by atoms with E-state index in [2.05, 4.69) is 16.0 Å². The standard InChI is InChI=1S/C18H15Cl2N3O3/c1-18(16(25)22-17(26)23-18)15(24)21-14(10-2-6-12(19)7-3-10)11-4-8-13(20)9-5-11/h2-9,14H,1H3,(H,21,24)(H2,22,23,25,26)/t18-/m1/s1. The largest absolute Gasteiger partial charge is 0.343 e. The molecule has 0 aliphatic carbocycles. The van der Waals surface area contributed by atoms with Gasteiger partial charge in [-0.25, -0.2) is 4.79 Å². The summed E-state index contributed by atoms with van der Waals surface area (Å²) in [6.45, 7) is 1.35. The summed E-state index contributed by atoms with van der Waals surface area (Å²) >= 11 is 11.9. The zero-order valence-corrected chi connectivity index (χ0v) is 15.2. The Morgan fingerprint density at radius 3 is 1.81 bits per heavy atom. The fourth-order valence-corrected chi connectivity index (χ4v) is 2.90. The van der Waals surface area contributed by atoms with Crippen molar-refractivity contribution in [1.82, 2.24) is 16.0 Å². The molecule has 2 aromatic carbocycles. The van der Waals surface area contributed by atoms with E-state index in [-0.39, 0.29) is 0 Å². The molecule has 1 saturated heterocycles. The zero-order valence-electron chi connectivity index (χ0n) is 13.7. The third-order valence-corrected chi connectivity index (χ3v) is 4.68. The Morgan fingerprint density at radius 2 is 1.42 bits per heavy atom. The van der Waals surface area contributed by atoms with Crippen LogP contribution in [0.3, 0.4) is 0 Å². The molecule has 0 unspecified atom stereocenters. The quantitative estimate of drug-likeness (QED) is 0.553. The predicted octanol–water partition coefficient (Wildman–Crippen LogP) is 2.80. The number of benzene rings is 2. The average molecular weight is 392 g/mol. The number of imide groups is 1. The first kappa shape index (κ1) is 18.2. The van der Waals surface area contributed by atoms with Crippen LogP contribution in [0.4, 0.5) is 4.79 Å². The van der Waals surface area contributed by atoms with Crippen LogP contribution in [0.5, 0.6) is 0 Å². The van der Waals surface area contributed by atoms with Gasteiger partial charge in [0.25, 0.3) is 11.8 Å². The lowest BCUT2D eigenvalue weighted by Gasteiger charge is -2.25. The summed E-state index contributed by atoms with van der Waals surface area (Å²) in [6.07, 6.45) is 0. The molecule has 2 aromatic rings. The van der Waals surface area contributed by atoms with Crippen molar-refractivity contribution in [2.45, 2.75) is 18.5 Å². The van der Waals surface area contributed by atoms with Crippen LogP contribution in [0.1, 0.15) is 24.1 Å². The molecule has 3 rings (SSSR count). The van der Waals surface area contributed by atoms with Gasteiger partial charge < -0.3 is 10.6 Å². The van der Waals surface area contributed by atoms with Crippen molar-refractivity contribution in [3.8, 4) is 0 Å². The minimum Gasteiger partial charge on any atom is -0.343 e. The van der Waals surface area contributed by atoms with Gasteiger partial charge in [-0.3, -0.25) is 14.9 Å². The topological polar surface area (TPSA) is 87.3 Å². The van der Waals surface area contributed by atoms with Crippen LogP contribution < -0.4 is 16.0 Å². The first-order valence-electron chi connectivity index (χ1n) is 7.75. The number of rotatable bonds is 4. The van der Waals surface area contributed by atoms with Gasteiger partial charge in [-0.05, 0) is 42.3 Å². The number of amides is 4. The first-order valence-corrected chi connectivity index (χ1v) is 8.51. The fourth-order valence-electron chi connectivity index (χ4n) is 2.65. The molecular formula is C18H15Cl2N3O3. The van der Waals surface area contributed by atoms with Crippen molar-refractivity contribution >= 4 is 41.0 Å². The molecule has 1 fully saturated rings. The van der Waals surface area contributed by atoms with Crippen LogP contribution >= 0.6 is 23.2 Å². The smallest absolute Gasteiger partial charge is 0.322 e. The molecule has 8 heteroatoms.